The van der Waals surface area contributed by atoms with Crippen molar-refractivity contribution in [2.24, 2.45) is 11.1 Å². The topological polar surface area (TPSA) is 140 Å². The number of morpholine rings is 1. The van der Waals surface area contributed by atoms with Crippen LogP contribution in [0.1, 0.15) is 23.8 Å². The van der Waals surface area contributed by atoms with Crippen LogP contribution in [0.2, 0.25) is 0 Å². The van der Waals surface area contributed by atoms with Gasteiger partial charge in [0.1, 0.15) is 17.3 Å². The van der Waals surface area contributed by atoms with Crippen molar-refractivity contribution in [1.82, 2.24) is 15.8 Å². The highest BCUT2D eigenvalue weighted by Gasteiger charge is 2.63. The van der Waals surface area contributed by atoms with Gasteiger partial charge in [-0.15, -0.1) is 0 Å². The minimum Gasteiger partial charge on any atom is -0.370 e. The molecule has 3 aliphatic rings. The molecule has 1 aromatic carbocycles. The van der Waals surface area contributed by atoms with Crippen LogP contribution in [0.25, 0.3) is 11.3 Å². The number of hydrogen-bond donors (Lipinski definition) is 3. The fourth-order valence-corrected chi connectivity index (χ4v) is 5.37. The van der Waals surface area contributed by atoms with E-state index in [9.17, 15) is 14.4 Å². The number of hydrogen-bond acceptors (Lipinski definition) is 8. The monoisotopic (exact) mass is 457 g/mol. The molecule has 11 heteroatoms. The molecule has 3 aliphatic heterocycles. The number of rotatable bonds is 2. The van der Waals surface area contributed by atoms with Crippen LogP contribution in [0.3, 0.4) is 0 Å². The van der Waals surface area contributed by atoms with Crippen LogP contribution in [-0.2, 0) is 20.7 Å². The molecule has 4 heterocycles. The minimum atomic E-state index is -1.69. The molecule has 2 fully saturated rings. The predicted molar refractivity (Wildman–Crippen MR) is 114 cm³/mol. The molecule has 3 atom stereocenters. The maximum Gasteiger partial charge on any atom is 0.328 e. The van der Waals surface area contributed by atoms with Crippen LogP contribution in [-0.4, -0.2) is 54.3 Å². The van der Waals surface area contributed by atoms with Crippen molar-refractivity contribution in [3.05, 3.63) is 34.8 Å². The highest BCUT2D eigenvalue weighted by atomic mass is 19.1. The summed E-state index contributed by atoms with van der Waals surface area (Å²) in [6.07, 6.45) is -1.17. The number of amides is 4. The molecular weight excluding hydrogens is 433 g/mol. The first-order valence-electron chi connectivity index (χ1n) is 10.7. The summed E-state index contributed by atoms with van der Waals surface area (Å²) < 4.78 is 26.9. The Labute approximate surface area is 188 Å². The Balaban J connectivity index is 1.72. The molecule has 33 heavy (non-hydrogen) atoms. The van der Waals surface area contributed by atoms with E-state index in [1.165, 1.54) is 6.07 Å². The second-order valence-electron chi connectivity index (χ2n) is 8.86. The number of nitrogens with zero attached hydrogens (tertiary/aromatic N) is 2. The number of carbonyl (C=O) groups excluding carboxylic acids is 3. The number of aryl methyl sites for hydroxylation is 1. The van der Waals surface area contributed by atoms with Crippen molar-refractivity contribution in [3.8, 4) is 11.3 Å². The Morgan fingerprint density at radius 2 is 1.94 bits per heavy atom. The lowest BCUT2D eigenvalue weighted by molar-refractivity contribution is -0.153. The second kappa shape index (κ2) is 7.35. The van der Waals surface area contributed by atoms with Gasteiger partial charge >= 0.3 is 6.03 Å². The molecule has 1 spiro atoms. The van der Waals surface area contributed by atoms with Crippen molar-refractivity contribution < 1.29 is 28.0 Å². The molecule has 2 saturated heterocycles. The van der Waals surface area contributed by atoms with Crippen LogP contribution >= 0.6 is 0 Å². The number of fused-ring (bicyclic) bond motifs is 4. The Morgan fingerprint density at radius 1 is 1.24 bits per heavy atom. The Hall–Kier alpha value is -3.31. The summed E-state index contributed by atoms with van der Waals surface area (Å²) in [5.74, 6) is -1.38. The normalized spacial score (nSPS) is 26.0. The van der Waals surface area contributed by atoms with Gasteiger partial charge in [0.2, 0.25) is 11.8 Å². The van der Waals surface area contributed by atoms with Crippen molar-refractivity contribution in [2.75, 3.05) is 18.0 Å². The SMILES string of the molecule is Cc1onc(-c2cc(F)c3c(c2)CC2(C(=O)NC(=O)NC2=O)[C@H]2[C@H](C)O[C@H](CN)CN32)c1C. The summed E-state index contributed by atoms with van der Waals surface area (Å²) >= 11 is 0. The Bertz CT molecular complexity index is 1170. The van der Waals surface area contributed by atoms with E-state index in [1.54, 1.807) is 24.8 Å². The molecule has 1 aromatic heterocycles. The fraction of sp³-hybridized carbons (Fsp3) is 0.455. The first kappa shape index (κ1) is 21.5. The molecule has 0 unspecified atom stereocenters. The number of halogens is 1. The Morgan fingerprint density at radius 3 is 2.55 bits per heavy atom. The third-order valence-corrected chi connectivity index (χ3v) is 6.95. The van der Waals surface area contributed by atoms with Gasteiger partial charge in [-0.3, -0.25) is 20.2 Å². The van der Waals surface area contributed by atoms with Gasteiger partial charge in [-0.05, 0) is 38.5 Å². The van der Waals surface area contributed by atoms with E-state index in [0.717, 1.165) is 5.56 Å². The average molecular weight is 457 g/mol. The summed E-state index contributed by atoms with van der Waals surface area (Å²) in [6, 6.07) is 1.37. The van der Waals surface area contributed by atoms with E-state index in [-0.39, 0.29) is 19.5 Å². The van der Waals surface area contributed by atoms with Crippen LogP contribution in [0.4, 0.5) is 14.9 Å². The number of ether oxygens (including phenoxy) is 1. The second-order valence-corrected chi connectivity index (χ2v) is 8.86. The molecule has 4 N–H and O–H groups in total. The van der Waals surface area contributed by atoms with Gasteiger partial charge in [-0.25, -0.2) is 9.18 Å². The van der Waals surface area contributed by atoms with Gasteiger partial charge in [0.05, 0.1) is 23.9 Å². The molecule has 0 radical (unpaired) electrons. The number of urea groups is 1. The molecule has 4 amide bonds. The third kappa shape index (κ3) is 2.99. The first-order chi connectivity index (χ1) is 15.7. The van der Waals surface area contributed by atoms with E-state index in [0.29, 0.717) is 28.3 Å². The first-order valence-corrected chi connectivity index (χ1v) is 10.7. The van der Waals surface area contributed by atoms with Crippen LogP contribution in [0.15, 0.2) is 16.7 Å². The predicted octanol–water partition coefficient (Wildman–Crippen LogP) is 0.927. The molecule has 0 saturated carbocycles. The standard InChI is InChI=1S/C22H24FN5O5/c1-9-10(2)33-27-16(9)12-4-13-6-22(19(29)25-21(31)26-20(22)30)18-11(3)32-14(7-24)8-28(18)17(13)15(23)5-12/h4-5,11,14,18H,6-8,24H2,1-3H3,(H2,25,26,29,30,31)/t11-,14+,18+/m0/s1. The summed E-state index contributed by atoms with van der Waals surface area (Å²) in [7, 11) is 0. The van der Waals surface area contributed by atoms with Gasteiger partial charge in [0, 0.05) is 30.6 Å². The highest BCUT2D eigenvalue weighted by Crippen LogP contribution is 2.48. The number of anilines is 1. The molecule has 2 aromatic rings. The van der Waals surface area contributed by atoms with Crippen LogP contribution < -0.4 is 21.3 Å². The van der Waals surface area contributed by atoms with E-state index >= 15 is 4.39 Å². The molecule has 0 aliphatic carbocycles. The van der Waals surface area contributed by atoms with Crippen molar-refractivity contribution in [1.29, 1.82) is 0 Å². The van der Waals surface area contributed by atoms with E-state index in [1.807, 2.05) is 6.92 Å². The van der Waals surface area contributed by atoms with E-state index < -0.39 is 47.3 Å². The molecule has 174 valence electrons. The lowest BCUT2D eigenvalue weighted by Gasteiger charge is -2.55. The number of aromatic nitrogens is 1. The van der Waals surface area contributed by atoms with Gasteiger partial charge in [-0.1, -0.05) is 5.16 Å². The van der Waals surface area contributed by atoms with Crippen LogP contribution in [0, 0.1) is 25.1 Å². The lowest BCUT2D eigenvalue weighted by Crippen LogP contribution is -2.75. The van der Waals surface area contributed by atoms with Crippen LogP contribution in [0.5, 0.6) is 0 Å². The zero-order valence-corrected chi connectivity index (χ0v) is 18.4. The van der Waals surface area contributed by atoms with Gasteiger partial charge < -0.3 is 19.9 Å². The van der Waals surface area contributed by atoms with Crippen molar-refractivity contribution in [3.63, 3.8) is 0 Å². The highest BCUT2D eigenvalue weighted by molar-refractivity contribution is 6.20. The van der Waals surface area contributed by atoms with Crippen molar-refractivity contribution >= 4 is 23.5 Å². The molecule has 10 nitrogen and oxygen atoms in total. The number of nitrogens with one attached hydrogen (secondary N) is 2. The molecule has 0 bridgehead atoms. The minimum absolute atomic E-state index is 0.115. The quantitative estimate of drug-likeness (QED) is 0.566. The zero-order chi connectivity index (χ0) is 23.7. The van der Waals surface area contributed by atoms with Crippen molar-refractivity contribution in [2.45, 2.75) is 45.4 Å². The van der Waals surface area contributed by atoms with Gasteiger partial charge in [-0.2, -0.15) is 0 Å². The third-order valence-electron chi connectivity index (χ3n) is 6.95. The summed E-state index contributed by atoms with van der Waals surface area (Å²) in [5, 5.41) is 8.47. The maximum absolute atomic E-state index is 15.7. The Kier molecular flexibility index (Phi) is 4.80. The number of barbiturate groups is 1. The summed E-state index contributed by atoms with van der Waals surface area (Å²) in [4.78, 5) is 40.0. The fourth-order valence-electron chi connectivity index (χ4n) is 5.37. The smallest absolute Gasteiger partial charge is 0.328 e. The molecular formula is C22H24FN5O5. The largest absolute Gasteiger partial charge is 0.370 e. The van der Waals surface area contributed by atoms with E-state index in [2.05, 4.69) is 15.8 Å². The number of carbonyl (C=O) groups is 3. The summed E-state index contributed by atoms with van der Waals surface area (Å²) in [5.41, 5.74) is 6.60. The van der Waals surface area contributed by atoms with E-state index in [4.69, 9.17) is 15.0 Å². The van der Waals surface area contributed by atoms with Gasteiger partial charge in [0.25, 0.3) is 0 Å². The number of imide groups is 2. The lowest BCUT2D eigenvalue weighted by atomic mass is 9.66. The maximum atomic E-state index is 15.7. The van der Waals surface area contributed by atoms with Gasteiger partial charge in [0.15, 0.2) is 5.41 Å². The number of benzene rings is 1. The zero-order valence-electron chi connectivity index (χ0n) is 18.4. The average Bonchev–Trinajstić information content (AvgIpc) is 3.09. The summed E-state index contributed by atoms with van der Waals surface area (Å²) in [6.45, 7) is 5.67. The molecule has 5 rings (SSSR count). The number of nitrogens with two attached hydrogens (primary N) is 1.